The number of rotatable bonds is 25. The Morgan fingerprint density at radius 3 is 1.06 bits per heavy atom. The van der Waals surface area contributed by atoms with E-state index in [9.17, 15) is 32.8 Å². The van der Waals surface area contributed by atoms with E-state index in [1.165, 1.54) is 65.4 Å². The Morgan fingerprint density at radius 2 is 0.703 bits per heavy atom. The number of aliphatic imine (C=N–C) groups is 4. The summed E-state index contributed by atoms with van der Waals surface area (Å²) in [7, 11) is 4.47. The lowest BCUT2D eigenvalue weighted by Crippen LogP contribution is -2.45. The van der Waals surface area contributed by atoms with E-state index >= 15 is 0 Å². The van der Waals surface area contributed by atoms with E-state index in [0.29, 0.717) is 132 Å². The van der Waals surface area contributed by atoms with Gasteiger partial charge in [-0.05, 0) is 259 Å². The van der Waals surface area contributed by atoms with E-state index in [4.69, 9.17) is 43.2 Å². The second-order valence-corrected chi connectivity index (χ2v) is 41.4. The van der Waals surface area contributed by atoms with Crippen molar-refractivity contribution in [1.29, 1.82) is 0 Å². The molecule has 4 fully saturated rings. The molecule has 148 heavy (non-hydrogen) atoms. The number of hydrogen-bond acceptors (Lipinski definition) is 24. The van der Waals surface area contributed by atoms with Gasteiger partial charge in [0.25, 0.3) is 0 Å². The van der Waals surface area contributed by atoms with Crippen LogP contribution in [0.3, 0.4) is 0 Å². The van der Waals surface area contributed by atoms with Gasteiger partial charge in [0.2, 0.25) is 23.6 Å². The fraction of sp³-hybridized carbons (Fsp3) is 0.432. The van der Waals surface area contributed by atoms with E-state index in [0.717, 1.165) is 263 Å². The summed E-state index contributed by atoms with van der Waals surface area (Å²) >= 11 is 0. The Morgan fingerprint density at radius 1 is 0.365 bits per heavy atom. The van der Waals surface area contributed by atoms with Crippen LogP contribution in [0.25, 0.3) is 22.6 Å². The lowest BCUT2D eigenvalue weighted by molar-refractivity contribution is -0.149. The minimum atomic E-state index is -0.376. The molecule has 4 aromatic carbocycles. The first-order valence-corrected chi connectivity index (χ1v) is 52.6. The minimum absolute atomic E-state index is 0.0527. The Balaban J connectivity index is 0.000000124. The van der Waals surface area contributed by atoms with Crippen molar-refractivity contribution in [2.75, 3.05) is 152 Å². The summed E-state index contributed by atoms with van der Waals surface area (Å²) in [5.74, 6) is 3.29. The van der Waals surface area contributed by atoms with Gasteiger partial charge in [-0.1, -0.05) is 83.1 Å². The molecule has 12 aliphatic heterocycles. The van der Waals surface area contributed by atoms with Crippen molar-refractivity contribution < 1.29 is 56.0 Å². The van der Waals surface area contributed by atoms with Crippen LogP contribution in [0.4, 0.5) is 8.78 Å². The first-order chi connectivity index (χ1) is 72.2. The van der Waals surface area contributed by atoms with E-state index in [-0.39, 0.29) is 59.0 Å². The lowest BCUT2D eigenvalue weighted by Gasteiger charge is -2.38. The Labute approximate surface area is 865 Å². The molecule has 0 bridgehead atoms. The maximum atomic E-state index is 14.7. The van der Waals surface area contributed by atoms with Crippen LogP contribution in [0.5, 0.6) is 11.5 Å². The van der Waals surface area contributed by atoms with Gasteiger partial charge in [-0.3, -0.25) is 83.5 Å². The lowest BCUT2D eigenvalue weighted by atomic mass is 9.86. The molecule has 770 valence electrons. The van der Waals surface area contributed by atoms with Crippen LogP contribution in [-0.2, 0) is 54.9 Å². The number of esters is 1. The molecule has 0 radical (unpaired) electrons. The molecule has 10 aromatic rings. The number of aromatic nitrogens is 6. The monoisotopic (exact) mass is 2000 g/mol. The molecule has 6 aromatic heterocycles. The van der Waals surface area contributed by atoms with Crippen molar-refractivity contribution in [1.82, 2.24) is 69.4 Å². The largest absolute Gasteiger partial charge is 0.496 e. The summed E-state index contributed by atoms with van der Waals surface area (Å²) in [4.78, 5) is 120. The van der Waals surface area contributed by atoms with Crippen molar-refractivity contribution in [2.45, 2.75) is 150 Å². The van der Waals surface area contributed by atoms with Crippen molar-refractivity contribution in [2.24, 2.45) is 49.6 Å². The van der Waals surface area contributed by atoms with Crippen LogP contribution in [0, 0.1) is 68.9 Å². The third-order valence-corrected chi connectivity index (χ3v) is 31.3. The number of likely N-dealkylation sites (tertiary alicyclic amines) is 4. The molecule has 1 unspecified atom stereocenters. The average Bonchev–Trinajstić information content (AvgIpc) is 1.56. The highest BCUT2D eigenvalue weighted by atomic mass is 19.1. The number of methoxy groups -OCH3 is 3. The van der Waals surface area contributed by atoms with Gasteiger partial charge in [-0.2, -0.15) is 0 Å². The number of benzene rings is 4. The summed E-state index contributed by atoms with van der Waals surface area (Å²) in [5.41, 5.74) is 27.9. The van der Waals surface area contributed by atoms with Gasteiger partial charge < -0.3 is 42.9 Å². The third kappa shape index (κ3) is 24.6. The minimum Gasteiger partial charge on any atom is -0.496 e. The number of halogens is 2. The van der Waals surface area contributed by atoms with Gasteiger partial charge >= 0.3 is 5.97 Å². The quantitative estimate of drug-likeness (QED) is 0.0480. The number of ether oxygens (including phenoxy) is 3. The van der Waals surface area contributed by atoms with Gasteiger partial charge in [0, 0.05) is 241 Å². The second-order valence-electron chi connectivity index (χ2n) is 41.4. The third-order valence-electron chi connectivity index (χ3n) is 31.3. The first-order valence-electron chi connectivity index (χ1n) is 52.6. The second kappa shape index (κ2) is 48.0. The molecule has 4 saturated heterocycles. The molecule has 30 heteroatoms. The van der Waals surface area contributed by atoms with E-state index in [2.05, 4.69) is 85.1 Å². The van der Waals surface area contributed by atoms with Crippen molar-refractivity contribution in [3.8, 4) is 34.1 Å². The number of hydrogen-bond donors (Lipinski definition) is 0. The summed E-state index contributed by atoms with van der Waals surface area (Å²) in [5, 5.41) is 8.52. The van der Waals surface area contributed by atoms with Crippen LogP contribution in [0.2, 0.25) is 0 Å². The van der Waals surface area contributed by atoms with Crippen LogP contribution in [0.1, 0.15) is 164 Å². The molecule has 0 saturated carbocycles. The van der Waals surface area contributed by atoms with Gasteiger partial charge in [-0.25, -0.2) is 8.78 Å². The number of aryl methyl sites for hydroxylation is 4. The maximum Gasteiger partial charge on any atom is 0.309 e. The fourth-order valence-electron chi connectivity index (χ4n) is 23.5. The molecule has 4 amide bonds. The SMILES string of the molecule is COC(=O)C1C[C@@H](CC(=O)N2CCC3=C(C2)C(c2ccnc(C)c2)=NC3)CN(Cc2c(F)cccc2OC)C1.COc1cccc(F)c1CN1CCC[C@@H](CC(=O)N2CCC3=C(C2)C(c2ccnc(C)c2)=NC3)C1.Cc1noc(-c2ccccc2)c1CN1CCC[C@@H](CC(=O)N2CCC3=C(C2)C(c2ccncc2)=NC3)C1.Cc1noc(-c2ccccc2)c1CN1CCC[C@@H](CC(=O)N2CCC3=C(C2)C(c2ccncc2)=NC3)C1. The van der Waals surface area contributed by atoms with Gasteiger partial charge in [-0.15, -0.1) is 0 Å². The molecule has 12 aliphatic rings. The number of nitrogens with zero attached hydrogens (tertiary/aromatic N) is 18. The molecule has 5 atom stereocenters. The zero-order valence-electron chi connectivity index (χ0n) is 86.2. The number of pyridine rings is 4. The van der Waals surface area contributed by atoms with Crippen molar-refractivity contribution in [3.05, 3.63) is 306 Å². The van der Waals surface area contributed by atoms with Crippen LogP contribution < -0.4 is 9.47 Å². The van der Waals surface area contributed by atoms with Crippen LogP contribution >= 0.6 is 0 Å². The summed E-state index contributed by atoms with van der Waals surface area (Å²) in [6.07, 6.45) is 23.5. The van der Waals surface area contributed by atoms with Gasteiger partial charge in [0.15, 0.2) is 11.5 Å². The van der Waals surface area contributed by atoms with Gasteiger partial charge in [0.05, 0.1) is 87.7 Å². The summed E-state index contributed by atoms with van der Waals surface area (Å²) in [6, 6.07) is 46.2. The zero-order chi connectivity index (χ0) is 102. The Bertz CT molecular complexity index is 6550. The van der Waals surface area contributed by atoms with E-state index in [1.807, 2.05) is 127 Å². The summed E-state index contributed by atoms with van der Waals surface area (Å²) < 4.78 is 56.3. The maximum absolute atomic E-state index is 14.7. The Kier molecular flexibility index (Phi) is 33.3. The molecular formula is C118H134F2N18O10. The highest BCUT2D eigenvalue weighted by Gasteiger charge is 2.41. The highest BCUT2D eigenvalue weighted by Crippen LogP contribution is 2.40. The average molecular weight is 2000 g/mol. The normalized spacial score (nSPS) is 20.6. The first kappa shape index (κ1) is 103. The smallest absolute Gasteiger partial charge is 0.309 e. The molecule has 0 spiro atoms. The van der Waals surface area contributed by atoms with E-state index < -0.39 is 0 Å². The zero-order valence-corrected chi connectivity index (χ0v) is 86.2. The molecular weight excluding hydrogens is 1870 g/mol. The highest BCUT2D eigenvalue weighted by molar-refractivity contribution is 6.17. The Hall–Kier alpha value is -13.8. The van der Waals surface area contributed by atoms with E-state index in [1.54, 1.807) is 62.4 Å². The van der Waals surface area contributed by atoms with Crippen molar-refractivity contribution in [3.63, 3.8) is 0 Å². The predicted octanol–water partition coefficient (Wildman–Crippen LogP) is 17.1. The number of carbonyl (C=O) groups is 5. The molecule has 22 rings (SSSR count). The summed E-state index contributed by atoms with van der Waals surface area (Å²) in [6.45, 7) is 25.5. The molecule has 28 nitrogen and oxygen atoms in total. The fourth-order valence-corrected chi connectivity index (χ4v) is 23.5. The van der Waals surface area contributed by atoms with Crippen molar-refractivity contribution >= 4 is 52.4 Å². The van der Waals surface area contributed by atoms with Crippen LogP contribution in [-0.4, -0.2) is 274 Å². The number of amides is 4. The number of carbonyl (C=O) groups excluding carboxylic acids is 5. The number of piperidine rings is 4. The molecule has 18 heterocycles. The standard InChI is InChI=1S/C30H35FN4O4.2C30H33N5O2.C28H33FN4O2/c1-19-11-21(7-9-32-19)29-24-18-35(10-8-22(24)14-33-29)28(36)13-20-12-23(30(37)39-3)16-34(15-20)17-25-26(31)5-4-6-27(25)38-2;2*1-21-26(30(37-33-21)24-7-3-2-4-8-24)19-34-14-5-6-22(18-34)16-28(36)35-15-11-25-17-32-29(27(25)20-35)23-9-12-31-13-10-23;1-19-13-21(8-10-30-19)28-23-18-33(12-9-22(23)15-31-28)27(34)14-20-5-4-11-32(16-20)17-24-25(29)6-3-7-26(24)35-2/h4-7,9,11,20,23H,8,10,12-18H2,1-3H3;2*2-4,7-10,12-13,22H,5-6,11,14-20H2,1H3;3,6-8,10,13,20H,4-5,9,11-12,14-18H2,1-2H3/t20-,23?;2*22-;20-/m0000/s1. The van der Waals surface area contributed by atoms with Crippen LogP contribution in [0.15, 0.2) is 256 Å². The molecule has 0 N–H and O–H groups in total. The molecule has 0 aliphatic carbocycles. The topological polar surface area (TPSA) is 292 Å². The predicted molar refractivity (Wildman–Crippen MR) is 566 cm³/mol. The van der Waals surface area contributed by atoms with Gasteiger partial charge in [0.1, 0.15) is 23.1 Å².